The van der Waals surface area contributed by atoms with Crippen molar-refractivity contribution in [3.05, 3.63) is 48.0 Å². The minimum atomic E-state index is -3.55. The minimum Gasteiger partial charge on any atom is -0.280 e. The molecule has 0 aliphatic carbocycles. The van der Waals surface area contributed by atoms with Crippen LogP contribution in [0.5, 0.6) is 0 Å². The van der Waals surface area contributed by atoms with E-state index >= 15 is 0 Å². The van der Waals surface area contributed by atoms with Crippen molar-refractivity contribution in [2.75, 3.05) is 4.72 Å². The molecule has 20 heavy (non-hydrogen) atoms. The molecule has 1 aromatic heterocycles. The average Bonchev–Trinajstić information content (AvgIpc) is 2.85. The predicted molar refractivity (Wildman–Crippen MR) is 85.0 cm³/mol. The molecule has 3 aromatic rings. The lowest BCUT2D eigenvalue weighted by Gasteiger charge is -2.08. The number of benzene rings is 2. The number of hydrogen-bond donors (Lipinski definition) is 1. The van der Waals surface area contributed by atoms with E-state index in [4.69, 9.17) is 0 Å². The van der Waals surface area contributed by atoms with Crippen molar-refractivity contribution >= 4 is 50.6 Å². The lowest BCUT2D eigenvalue weighted by Crippen LogP contribution is -2.15. The third-order valence-electron chi connectivity index (χ3n) is 2.88. The summed E-state index contributed by atoms with van der Waals surface area (Å²) in [4.78, 5) is 4.43. The molecule has 2 aromatic carbocycles. The lowest BCUT2D eigenvalue weighted by atomic mass is 9.97. The minimum absolute atomic E-state index is 0.266. The molecule has 0 atom stereocenters. The van der Waals surface area contributed by atoms with Gasteiger partial charge >= 0.3 is 0 Å². The van der Waals surface area contributed by atoms with Crippen molar-refractivity contribution in [3.8, 4) is 0 Å². The Balaban J connectivity index is 1.96. The molecule has 0 radical (unpaired) electrons. The zero-order valence-electron chi connectivity index (χ0n) is 10.7. The number of fused-ring (bicyclic) bond motifs is 1. The van der Waals surface area contributed by atoms with Crippen molar-refractivity contribution in [3.63, 3.8) is 0 Å². The fourth-order valence-corrected chi connectivity index (χ4v) is 3.79. The van der Waals surface area contributed by atoms with E-state index in [-0.39, 0.29) is 4.90 Å². The summed E-state index contributed by atoms with van der Waals surface area (Å²) in [6.45, 7) is 0. The highest BCUT2D eigenvalue weighted by Gasteiger charge is 2.14. The van der Waals surface area contributed by atoms with Crippen LogP contribution in [0.15, 0.2) is 52.9 Å². The number of nitrogens with zero attached hydrogens (tertiary/aromatic N) is 1. The molecule has 1 N–H and O–H groups in total. The highest BCUT2D eigenvalue weighted by atomic mass is 32.2. The highest BCUT2D eigenvalue weighted by molar-refractivity contribution is 7.92. The van der Waals surface area contributed by atoms with Crippen LogP contribution >= 0.6 is 11.3 Å². The number of nitrogens with one attached hydrogen (secondary N) is 1. The Morgan fingerprint density at radius 2 is 2.00 bits per heavy atom. The van der Waals surface area contributed by atoms with Crippen LogP contribution in [-0.4, -0.2) is 21.2 Å². The fraction of sp³-hybridized carbons (Fsp3) is 0. The zero-order valence-corrected chi connectivity index (χ0v) is 12.3. The van der Waals surface area contributed by atoms with E-state index in [1.54, 1.807) is 41.9 Å². The number of rotatable bonds is 3. The first-order valence-corrected chi connectivity index (χ1v) is 8.34. The summed E-state index contributed by atoms with van der Waals surface area (Å²) in [6.07, 6.45) is 0. The summed E-state index contributed by atoms with van der Waals surface area (Å²) in [5.74, 6) is 0. The molecule has 7 heteroatoms. The Labute approximate surface area is 121 Å². The van der Waals surface area contributed by atoms with Crippen LogP contribution in [0.25, 0.3) is 10.2 Å². The van der Waals surface area contributed by atoms with Crippen molar-refractivity contribution < 1.29 is 8.42 Å². The molecule has 0 saturated heterocycles. The second-order valence-corrected chi connectivity index (χ2v) is 7.03. The van der Waals surface area contributed by atoms with Gasteiger partial charge < -0.3 is 0 Å². The molecule has 0 amide bonds. The Morgan fingerprint density at radius 1 is 1.15 bits per heavy atom. The Kier molecular flexibility index (Phi) is 3.23. The maximum Gasteiger partial charge on any atom is 0.261 e. The number of sulfonamides is 1. The van der Waals surface area contributed by atoms with Crippen LogP contribution in [-0.2, 0) is 10.0 Å². The second kappa shape index (κ2) is 4.92. The maximum absolute atomic E-state index is 12.3. The number of thiazole rings is 1. The number of hydrogen-bond acceptors (Lipinski definition) is 4. The largest absolute Gasteiger partial charge is 0.280 e. The monoisotopic (exact) mass is 302 g/mol. The second-order valence-electron chi connectivity index (χ2n) is 4.46. The van der Waals surface area contributed by atoms with Gasteiger partial charge in [-0.05, 0) is 30.3 Å². The van der Waals surface area contributed by atoms with E-state index in [1.807, 2.05) is 13.9 Å². The summed E-state index contributed by atoms with van der Waals surface area (Å²) >= 11 is 1.48. The molecule has 0 aliphatic heterocycles. The zero-order chi connectivity index (χ0) is 14.2. The van der Waals surface area contributed by atoms with Gasteiger partial charge in [0.25, 0.3) is 10.0 Å². The van der Waals surface area contributed by atoms with E-state index in [1.165, 1.54) is 11.3 Å². The molecular weight excluding hydrogens is 291 g/mol. The summed E-state index contributed by atoms with van der Waals surface area (Å²) in [6, 6.07) is 12.1. The van der Waals surface area contributed by atoms with E-state index < -0.39 is 10.0 Å². The van der Waals surface area contributed by atoms with Crippen molar-refractivity contribution in [2.24, 2.45) is 0 Å². The van der Waals surface area contributed by atoms with Crippen LogP contribution in [0.3, 0.4) is 0 Å². The normalized spacial score (nSPS) is 11.6. The van der Waals surface area contributed by atoms with Crippen molar-refractivity contribution in [2.45, 2.75) is 4.90 Å². The first-order chi connectivity index (χ1) is 9.54. The molecule has 1 heterocycles. The van der Waals surface area contributed by atoms with Crippen LogP contribution in [0, 0.1) is 0 Å². The first-order valence-electron chi connectivity index (χ1n) is 5.97. The van der Waals surface area contributed by atoms with Crippen LogP contribution in [0.1, 0.15) is 0 Å². The molecule has 0 spiro atoms. The Hall–Kier alpha value is -1.86. The summed E-state index contributed by atoms with van der Waals surface area (Å²) < 4.78 is 28.2. The van der Waals surface area contributed by atoms with Gasteiger partial charge in [0.2, 0.25) is 0 Å². The molecule has 0 saturated carbocycles. The van der Waals surface area contributed by atoms with Gasteiger partial charge in [0.05, 0.1) is 26.3 Å². The van der Waals surface area contributed by atoms with E-state index in [9.17, 15) is 8.42 Å². The standard InChI is InChI=1S/C13H11BN2O2S2/c14-9-2-1-3-11(6-9)20(17,18)16-10-4-5-12-13(7-10)19-8-15-12/h1-8,16H,14H2. The summed E-state index contributed by atoms with van der Waals surface area (Å²) in [5.41, 5.74) is 4.06. The summed E-state index contributed by atoms with van der Waals surface area (Å²) in [5, 5.41) is 0. The van der Waals surface area contributed by atoms with Crippen molar-refractivity contribution in [1.29, 1.82) is 0 Å². The van der Waals surface area contributed by atoms with Gasteiger partial charge in [-0.15, -0.1) is 11.3 Å². The quantitative estimate of drug-likeness (QED) is 0.743. The van der Waals surface area contributed by atoms with Gasteiger partial charge in [-0.3, -0.25) is 4.72 Å². The Morgan fingerprint density at radius 3 is 2.80 bits per heavy atom. The van der Waals surface area contributed by atoms with E-state index in [0.29, 0.717) is 5.69 Å². The van der Waals surface area contributed by atoms with Crippen LogP contribution in [0.2, 0.25) is 0 Å². The van der Waals surface area contributed by atoms with Crippen LogP contribution in [0.4, 0.5) is 5.69 Å². The molecule has 0 aliphatic rings. The fourth-order valence-electron chi connectivity index (χ4n) is 1.92. The Bertz CT molecular complexity index is 875. The molecule has 0 bridgehead atoms. The third kappa shape index (κ3) is 2.55. The third-order valence-corrected chi connectivity index (χ3v) is 5.05. The van der Waals surface area contributed by atoms with Gasteiger partial charge in [0.15, 0.2) is 0 Å². The lowest BCUT2D eigenvalue weighted by molar-refractivity contribution is 0.601. The molecule has 3 rings (SSSR count). The maximum atomic E-state index is 12.3. The van der Waals surface area contributed by atoms with Gasteiger partial charge in [-0.1, -0.05) is 17.6 Å². The number of anilines is 1. The van der Waals surface area contributed by atoms with Gasteiger partial charge in [0.1, 0.15) is 7.85 Å². The van der Waals surface area contributed by atoms with E-state index in [2.05, 4.69) is 9.71 Å². The van der Waals surface area contributed by atoms with Gasteiger partial charge in [0, 0.05) is 0 Å². The number of aromatic nitrogens is 1. The average molecular weight is 302 g/mol. The van der Waals surface area contributed by atoms with Crippen molar-refractivity contribution in [1.82, 2.24) is 4.98 Å². The van der Waals surface area contributed by atoms with Gasteiger partial charge in [-0.2, -0.15) is 0 Å². The topological polar surface area (TPSA) is 59.1 Å². The summed E-state index contributed by atoms with van der Waals surface area (Å²) in [7, 11) is -1.69. The SMILES string of the molecule is Bc1cccc(S(=O)(=O)Nc2ccc3ncsc3c2)c1. The van der Waals surface area contributed by atoms with E-state index in [0.717, 1.165) is 15.7 Å². The molecule has 100 valence electrons. The molecule has 0 unspecified atom stereocenters. The van der Waals surface area contributed by atoms with Crippen LogP contribution < -0.4 is 10.2 Å². The highest BCUT2D eigenvalue weighted by Crippen LogP contribution is 2.23. The molecule has 0 fully saturated rings. The molecular formula is C13H11BN2O2S2. The smallest absolute Gasteiger partial charge is 0.261 e. The first kappa shape index (κ1) is 13.1. The predicted octanol–water partition coefficient (Wildman–Crippen LogP) is 1.36. The molecule has 4 nitrogen and oxygen atoms in total. The van der Waals surface area contributed by atoms with Gasteiger partial charge in [-0.25, -0.2) is 13.4 Å².